The lowest BCUT2D eigenvalue weighted by atomic mass is 9.71. The Morgan fingerprint density at radius 2 is 1.56 bits per heavy atom. The van der Waals surface area contributed by atoms with Crippen LogP contribution in [0.4, 0.5) is 5.69 Å². The summed E-state index contributed by atoms with van der Waals surface area (Å²) >= 11 is 0. The van der Waals surface area contributed by atoms with Crippen LogP contribution in [0, 0.1) is 0 Å². The highest BCUT2D eigenvalue weighted by Gasteiger charge is 2.42. The zero-order chi connectivity index (χ0) is 27.5. The molecule has 0 saturated carbocycles. The number of ether oxygens (including phenoxy) is 3. The fourth-order valence-electron chi connectivity index (χ4n) is 5.86. The number of para-hydroxylation sites is 2. The summed E-state index contributed by atoms with van der Waals surface area (Å²) in [6.45, 7) is 2.03. The van der Waals surface area contributed by atoms with E-state index >= 15 is 0 Å². The number of rotatable bonds is 8. The van der Waals surface area contributed by atoms with Gasteiger partial charge in [0.1, 0.15) is 5.75 Å². The van der Waals surface area contributed by atoms with Crippen molar-refractivity contribution >= 4 is 23.2 Å². The lowest BCUT2D eigenvalue weighted by Gasteiger charge is -2.42. The van der Waals surface area contributed by atoms with Crippen molar-refractivity contribution in [2.75, 3.05) is 32.7 Å². The summed E-state index contributed by atoms with van der Waals surface area (Å²) in [6, 6.07) is 12.6. The quantitative estimate of drug-likeness (QED) is 0.504. The number of allylic oxidation sites excluding steroid dienone is 4. The second-order valence-corrected chi connectivity index (χ2v) is 9.94. The fourth-order valence-corrected chi connectivity index (χ4v) is 5.86. The Morgan fingerprint density at radius 3 is 2.21 bits per heavy atom. The molecule has 2 aromatic rings. The van der Waals surface area contributed by atoms with Gasteiger partial charge >= 0.3 is 0 Å². The molecule has 1 aliphatic heterocycles. The van der Waals surface area contributed by atoms with Crippen LogP contribution in [0.1, 0.15) is 56.9 Å². The summed E-state index contributed by atoms with van der Waals surface area (Å²) in [5, 5.41) is 2.80. The molecule has 0 fully saturated rings. The van der Waals surface area contributed by atoms with Crippen molar-refractivity contribution in [2.24, 2.45) is 0 Å². The summed E-state index contributed by atoms with van der Waals surface area (Å²) in [7, 11) is 3.53. The van der Waals surface area contributed by atoms with E-state index in [2.05, 4.69) is 10.2 Å². The molecule has 2 aromatic carbocycles. The van der Waals surface area contributed by atoms with Gasteiger partial charge < -0.3 is 24.4 Å². The van der Waals surface area contributed by atoms with Crippen LogP contribution in [-0.2, 0) is 14.4 Å². The van der Waals surface area contributed by atoms with Crippen LogP contribution in [0.5, 0.6) is 17.2 Å². The van der Waals surface area contributed by atoms with E-state index in [0.717, 1.165) is 53.8 Å². The first-order chi connectivity index (χ1) is 18.9. The van der Waals surface area contributed by atoms with E-state index in [0.29, 0.717) is 42.4 Å². The summed E-state index contributed by atoms with van der Waals surface area (Å²) in [4.78, 5) is 41.2. The van der Waals surface area contributed by atoms with Crippen LogP contribution in [-0.4, -0.2) is 49.7 Å². The van der Waals surface area contributed by atoms with E-state index < -0.39 is 5.92 Å². The summed E-state index contributed by atoms with van der Waals surface area (Å²) < 4.78 is 17.1. The SMILES string of the molecule is CCOc1cc(C2C3=C(CCCC3=O)N(C)C3=C2C(=O)CCC3)ccc1OCC(=O)Nc1ccccc1OC. The number of carbonyl (C=O) groups excluding carboxylic acids is 3. The molecular formula is C31H34N2O6. The molecule has 1 N–H and O–H groups in total. The highest BCUT2D eigenvalue weighted by molar-refractivity contribution is 6.06. The van der Waals surface area contributed by atoms with Crippen LogP contribution in [0.25, 0.3) is 0 Å². The standard InChI is InChI=1S/C31H34N2O6/c1-4-38-27-17-19(15-16-26(27)39-18-28(36)32-20-9-5-6-14-25(20)37-3)29-30-21(10-7-12-23(30)34)33(2)22-11-8-13-24(35)31(22)29/h5-6,9,14-17,29H,4,7-8,10-13,18H2,1-3H3,(H,32,36). The third kappa shape index (κ3) is 5.15. The maximum atomic E-state index is 13.3. The van der Waals surface area contributed by atoms with Gasteiger partial charge in [-0.2, -0.15) is 0 Å². The van der Waals surface area contributed by atoms with Crippen molar-refractivity contribution in [3.8, 4) is 17.2 Å². The maximum Gasteiger partial charge on any atom is 0.262 e. The summed E-state index contributed by atoms with van der Waals surface area (Å²) in [5.41, 5.74) is 4.88. The van der Waals surface area contributed by atoms with Crippen molar-refractivity contribution in [3.63, 3.8) is 0 Å². The van der Waals surface area contributed by atoms with Gasteiger partial charge in [-0.3, -0.25) is 14.4 Å². The van der Waals surface area contributed by atoms with Crippen molar-refractivity contribution in [2.45, 2.75) is 51.4 Å². The molecule has 2 aliphatic carbocycles. The number of methoxy groups -OCH3 is 1. The number of hydrogen-bond donors (Lipinski definition) is 1. The smallest absolute Gasteiger partial charge is 0.262 e. The van der Waals surface area contributed by atoms with Gasteiger partial charge in [0.25, 0.3) is 5.91 Å². The number of Topliss-reactive ketones (excluding diaryl/α,β-unsaturated/α-hetero) is 2. The Balaban J connectivity index is 1.45. The molecule has 0 unspecified atom stereocenters. The van der Waals surface area contributed by atoms with Gasteiger partial charge in [0.05, 0.1) is 19.4 Å². The van der Waals surface area contributed by atoms with E-state index in [9.17, 15) is 14.4 Å². The molecule has 204 valence electrons. The van der Waals surface area contributed by atoms with Crippen LogP contribution in [0.15, 0.2) is 65.0 Å². The van der Waals surface area contributed by atoms with Gasteiger partial charge in [-0.15, -0.1) is 0 Å². The highest BCUT2D eigenvalue weighted by Crippen LogP contribution is 2.49. The molecular weight excluding hydrogens is 496 g/mol. The van der Waals surface area contributed by atoms with Gasteiger partial charge in [0.2, 0.25) is 0 Å². The van der Waals surface area contributed by atoms with Crippen LogP contribution in [0.2, 0.25) is 0 Å². The minimum atomic E-state index is -0.422. The number of carbonyl (C=O) groups is 3. The topological polar surface area (TPSA) is 94.2 Å². The summed E-state index contributed by atoms with van der Waals surface area (Å²) in [5.74, 6) is 0.876. The predicted octanol–water partition coefficient (Wildman–Crippen LogP) is 5.15. The molecule has 0 spiro atoms. The molecule has 3 aliphatic rings. The van der Waals surface area contributed by atoms with Gasteiger partial charge in [-0.05, 0) is 62.4 Å². The molecule has 8 heteroatoms. The van der Waals surface area contributed by atoms with Gasteiger partial charge in [0, 0.05) is 48.3 Å². The molecule has 0 aromatic heterocycles. The van der Waals surface area contributed by atoms with Crippen molar-refractivity contribution in [1.29, 1.82) is 0 Å². The Labute approximate surface area is 228 Å². The summed E-state index contributed by atoms with van der Waals surface area (Å²) in [6.07, 6.45) is 4.25. The molecule has 5 rings (SSSR count). The van der Waals surface area contributed by atoms with Crippen LogP contribution < -0.4 is 19.5 Å². The second kappa shape index (κ2) is 11.4. The molecule has 8 nitrogen and oxygen atoms in total. The number of amides is 1. The Hall–Kier alpha value is -4.07. The van der Waals surface area contributed by atoms with Crippen molar-refractivity contribution in [1.82, 2.24) is 4.90 Å². The maximum absolute atomic E-state index is 13.3. The molecule has 39 heavy (non-hydrogen) atoms. The fraction of sp³-hybridized carbons (Fsp3) is 0.387. The molecule has 0 bridgehead atoms. The predicted molar refractivity (Wildman–Crippen MR) is 147 cm³/mol. The Morgan fingerprint density at radius 1 is 0.897 bits per heavy atom. The van der Waals surface area contributed by atoms with E-state index in [1.165, 1.54) is 0 Å². The first-order valence-corrected chi connectivity index (χ1v) is 13.5. The van der Waals surface area contributed by atoms with E-state index in [1.54, 1.807) is 25.3 Å². The number of ketones is 2. The van der Waals surface area contributed by atoms with Gasteiger partial charge in [-0.25, -0.2) is 0 Å². The minimum Gasteiger partial charge on any atom is -0.495 e. The molecule has 1 amide bonds. The van der Waals surface area contributed by atoms with Crippen molar-refractivity contribution in [3.05, 3.63) is 70.6 Å². The molecule has 0 atom stereocenters. The lowest BCUT2D eigenvalue weighted by Crippen LogP contribution is -2.37. The Bertz CT molecular complexity index is 1330. The zero-order valence-corrected chi connectivity index (χ0v) is 22.7. The van der Waals surface area contributed by atoms with Gasteiger partial charge in [0.15, 0.2) is 29.7 Å². The largest absolute Gasteiger partial charge is 0.495 e. The van der Waals surface area contributed by atoms with Crippen LogP contribution in [0.3, 0.4) is 0 Å². The van der Waals surface area contributed by atoms with E-state index in [-0.39, 0.29) is 24.1 Å². The van der Waals surface area contributed by atoms with Crippen LogP contribution >= 0.6 is 0 Å². The highest BCUT2D eigenvalue weighted by atomic mass is 16.5. The normalized spacial score (nSPS) is 17.6. The minimum absolute atomic E-state index is 0.101. The number of nitrogens with zero attached hydrogens (tertiary/aromatic N) is 1. The average Bonchev–Trinajstić information content (AvgIpc) is 2.94. The van der Waals surface area contributed by atoms with E-state index in [1.807, 2.05) is 38.2 Å². The van der Waals surface area contributed by atoms with Gasteiger partial charge in [-0.1, -0.05) is 18.2 Å². The average molecular weight is 531 g/mol. The second-order valence-electron chi connectivity index (χ2n) is 9.94. The van der Waals surface area contributed by atoms with E-state index in [4.69, 9.17) is 14.2 Å². The third-order valence-electron chi connectivity index (χ3n) is 7.59. The molecule has 0 saturated heterocycles. The number of benzene rings is 2. The van der Waals surface area contributed by atoms with Crippen molar-refractivity contribution < 1.29 is 28.6 Å². The zero-order valence-electron chi connectivity index (χ0n) is 22.7. The lowest BCUT2D eigenvalue weighted by molar-refractivity contribution is -0.118. The monoisotopic (exact) mass is 530 g/mol. The number of hydrogen-bond acceptors (Lipinski definition) is 7. The first-order valence-electron chi connectivity index (χ1n) is 13.5. The molecule has 1 heterocycles. The third-order valence-corrected chi connectivity index (χ3v) is 7.59. The number of anilines is 1. The Kier molecular flexibility index (Phi) is 7.72. The molecule has 0 radical (unpaired) electrons. The first kappa shape index (κ1) is 26.5. The number of nitrogens with one attached hydrogen (secondary N) is 1.